The molecule has 0 bridgehead atoms. The highest BCUT2D eigenvalue weighted by atomic mass is 19.1. The van der Waals surface area contributed by atoms with E-state index in [2.05, 4.69) is 15.3 Å². The molecule has 2 aromatic rings. The van der Waals surface area contributed by atoms with Crippen LogP contribution in [-0.4, -0.2) is 68.3 Å². The van der Waals surface area contributed by atoms with Gasteiger partial charge in [0, 0.05) is 39.0 Å². The molecule has 1 saturated heterocycles. The van der Waals surface area contributed by atoms with Gasteiger partial charge < -0.3 is 25.2 Å². The first-order valence-corrected chi connectivity index (χ1v) is 11.2. The third-order valence-corrected chi connectivity index (χ3v) is 5.88. The molecule has 1 aromatic carbocycles. The molecular weight excluding hydrogens is 441 g/mol. The maximum absolute atomic E-state index is 14.0. The van der Waals surface area contributed by atoms with Crippen LogP contribution in [0.4, 0.5) is 4.39 Å². The third kappa shape index (κ3) is 5.61. The van der Waals surface area contributed by atoms with Crippen LogP contribution < -0.4 is 5.32 Å². The van der Waals surface area contributed by atoms with E-state index in [0.29, 0.717) is 11.4 Å². The lowest BCUT2D eigenvalue weighted by Gasteiger charge is -2.35. The summed E-state index contributed by atoms with van der Waals surface area (Å²) in [6.07, 6.45) is 0.854. The van der Waals surface area contributed by atoms with Crippen molar-refractivity contribution >= 4 is 17.7 Å². The number of β-amino-alcohol motifs (C(OH)–C–C–N with tert-alkyl or cyclic N) is 1. The lowest BCUT2D eigenvalue weighted by Crippen LogP contribution is -2.54. The molecule has 1 fully saturated rings. The Kier molecular flexibility index (Phi) is 7.40. The van der Waals surface area contributed by atoms with Gasteiger partial charge in [0.25, 0.3) is 5.91 Å². The first-order valence-electron chi connectivity index (χ1n) is 11.2. The Labute approximate surface area is 198 Å². The van der Waals surface area contributed by atoms with Gasteiger partial charge in [-0.25, -0.2) is 9.37 Å². The lowest BCUT2D eigenvalue weighted by molar-refractivity contribution is -0.140. The molecule has 1 aliphatic heterocycles. The molecule has 9 nitrogen and oxygen atoms in total. The number of aromatic amines is 1. The molecule has 1 aliphatic rings. The van der Waals surface area contributed by atoms with Gasteiger partial charge in [-0.05, 0) is 11.5 Å². The maximum atomic E-state index is 14.0. The fraction of sp³-hybridized carbons (Fsp3) is 0.500. The summed E-state index contributed by atoms with van der Waals surface area (Å²) in [7, 11) is 1.56. The number of imidazole rings is 1. The van der Waals surface area contributed by atoms with E-state index in [4.69, 9.17) is 0 Å². The second-order valence-corrected chi connectivity index (χ2v) is 9.83. The highest BCUT2D eigenvalue weighted by Crippen LogP contribution is 2.33. The van der Waals surface area contributed by atoms with E-state index in [1.165, 1.54) is 29.0 Å². The number of hydrogen-bond donors (Lipinski definition) is 3. The van der Waals surface area contributed by atoms with E-state index in [1.54, 1.807) is 25.2 Å². The van der Waals surface area contributed by atoms with Crippen molar-refractivity contribution in [1.29, 1.82) is 0 Å². The lowest BCUT2D eigenvalue weighted by atomic mass is 9.85. The number of halogens is 1. The average molecular weight is 474 g/mol. The fourth-order valence-electron chi connectivity index (χ4n) is 4.11. The number of carbonyl (C=O) groups excluding carboxylic acids is 3. The van der Waals surface area contributed by atoms with Crippen LogP contribution in [-0.2, 0) is 16.1 Å². The standard InChI is InChI=1S/C24H32FN5O4/c1-14(31)27-20(24(2,3)4)23(34)30-13-16(32)10-19(30)21-26-11-18(28-21)22(33)29(5)12-15-8-6-7-9-17(15)25/h6-9,11,16,19-20,32H,10,12-13H2,1-5H3,(H,26,28)(H,27,31)/t16-,19+,20-/m1/s1. The summed E-state index contributed by atoms with van der Waals surface area (Å²) < 4.78 is 14.0. The number of hydrogen-bond acceptors (Lipinski definition) is 5. The summed E-state index contributed by atoms with van der Waals surface area (Å²) in [6.45, 7) is 7.07. The van der Waals surface area contributed by atoms with E-state index in [-0.39, 0.29) is 42.9 Å². The van der Waals surface area contributed by atoms with Crippen LogP contribution in [0.3, 0.4) is 0 Å². The van der Waals surface area contributed by atoms with Crippen LogP contribution in [0.1, 0.15) is 62.0 Å². The second kappa shape index (κ2) is 9.92. The Morgan fingerprint density at radius 1 is 1.32 bits per heavy atom. The smallest absolute Gasteiger partial charge is 0.271 e. The van der Waals surface area contributed by atoms with E-state index < -0.39 is 29.4 Å². The van der Waals surface area contributed by atoms with Gasteiger partial charge in [-0.3, -0.25) is 14.4 Å². The summed E-state index contributed by atoms with van der Waals surface area (Å²) in [5.41, 5.74) is 0.0254. The van der Waals surface area contributed by atoms with Crippen LogP contribution >= 0.6 is 0 Å². The molecule has 34 heavy (non-hydrogen) atoms. The summed E-state index contributed by atoms with van der Waals surface area (Å²) in [4.78, 5) is 48.1. The Bertz CT molecular complexity index is 1060. The number of aliphatic hydroxyl groups is 1. The van der Waals surface area contributed by atoms with Crippen molar-refractivity contribution in [2.75, 3.05) is 13.6 Å². The molecule has 3 amide bonds. The predicted octanol–water partition coefficient (Wildman–Crippen LogP) is 2.01. The van der Waals surface area contributed by atoms with Crippen LogP contribution in [0.2, 0.25) is 0 Å². The SMILES string of the molecule is CC(=O)N[C@H](C(=O)N1C[C@H](O)C[C@H]1c1ncc(C(=O)N(C)Cc2ccccc2F)[nH]1)C(C)(C)C. The van der Waals surface area contributed by atoms with Crippen molar-refractivity contribution in [1.82, 2.24) is 25.1 Å². The van der Waals surface area contributed by atoms with Gasteiger partial charge in [0.05, 0.1) is 18.3 Å². The summed E-state index contributed by atoms with van der Waals surface area (Å²) in [5, 5.41) is 13.0. The number of likely N-dealkylation sites (tertiary alicyclic amines) is 1. The first kappa shape index (κ1) is 25.4. The molecule has 0 unspecified atom stereocenters. The highest BCUT2D eigenvalue weighted by Gasteiger charge is 2.43. The zero-order valence-corrected chi connectivity index (χ0v) is 20.1. The van der Waals surface area contributed by atoms with Gasteiger partial charge in [-0.1, -0.05) is 39.0 Å². The minimum Gasteiger partial charge on any atom is -0.391 e. The first-order chi connectivity index (χ1) is 15.9. The summed E-state index contributed by atoms with van der Waals surface area (Å²) in [5.74, 6) is -1.07. The second-order valence-electron chi connectivity index (χ2n) is 9.83. The summed E-state index contributed by atoms with van der Waals surface area (Å²) >= 11 is 0. The molecule has 0 radical (unpaired) electrons. The molecule has 10 heteroatoms. The molecule has 1 aromatic heterocycles. The Hall–Kier alpha value is -3.27. The third-order valence-electron chi connectivity index (χ3n) is 5.88. The van der Waals surface area contributed by atoms with Crippen molar-refractivity contribution in [2.24, 2.45) is 5.41 Å². The zero-order chi connectivity index (χ0) is 25.2. The van der Waals surface area contributed by atoms with Crippen LogP contribution in [0.25, 0.3) is 0 Å². The Morgan fingerprint density at radius 3 is 2.62 bits per heavy atom. The van der Waals surface area contributed by atoms with Gasteiger partial charge in [0.1, 0.15) is 23.4 Å². The number of aromatic nitrogens is 2. The molecule has 0 spiro atoms. The number of rotatable bonds is 6. The average Bonchev–Trinajstić information content (AvgIpc) is 3.38. The zero-order valence-electron chi connectivity index (χ0n) is 20.1. The maximum Gasteiger partial charge on any atom is 0.271 e. The minimum absolute atomic E-state index is 0.0800. The molecule has 0 aliphatic carbocycles. The topological polar surface area (TPSA) is 119 Å². The monoisotopic (exact) mass is 473 g/mol. The van der Waals surface area contributed by atoms with Gasteiger partial charge in [0.2, 0.25) is 11.8 Å². The number of carbonyl (C=O) groups is 3. The van der Waals surface area contributed by atoms with Crippen LogP contribution in [0.15, 0.2) is 30.5 Å². The van der Waals surface area contributed by atoms with Crippen molar-refractivity contribution < 1.29 is 23.9 Å². The van der Waals surface area contributed by atoms with Gasteiger partial charge in [-0.2, -0.15) is 0 Å². The van der Waals surface area contributed by atoms with E-state index in [1.807, 2.05) is 20.8 Å². The van der Waals surface area contributed by atoms with Crippen molar-refractivity contribution in [3.8, 4) is 0 Å². The largest absolute Gasteiger partial charge is 0.391 e. The van der Waals surface area contributed by atoms with Gasteiger partial charge >= 0.3 is 0 Å². The number of nitrogens with one attached hydrogen (secondary N) is 2. The normalized spacial score (nSPS) is 19.1. The van der Waals surface area contributed by atoms with E-state index >= 15 is 0 Å². The van der Waals surface area contributed by atoms with Crippen LogP contribution in [0, 0.1) is 11.2 Å². The number of benzene rings is 1. The van der Waals surface area contributed by atoms with E-state index in [0.717, 1.165) is 0 Å². The van der Waals surface area contributed by atoms with Gasteiger partial charge in [0.15, 0.2) is 0 Å². The number of amides is 3. The van der Waals surface area contributed by atoms with Crippen molar-refractivity contribution in [3.05, 3.63) is 53.4 Å². The predicted molar refractivity (Wildman–Crippen MR) is 123 cm³/mol. The highest BCUT2D eigenvalue weighted by molar-refractivity contribution is 5.92. The number of aliphatic hydroxyl groups excluding tert-OH is 1. The fourth-order valence-corrected chi connectivity index (χ4v) is 4.11. The van der Waals surface area contributed by atoms with E-state index in [9.17, 15) is 23.9 Å². The quantitative estimate of drug-likeness (QED) is 0.593. The number of nitrogens with zero attached hydrogens (tertiary/aromatic N) is 3. The Balaban J connectivity index is 1.79. The molecule has 3 N–H and O–H groups in total. The molecule has 3 atom stereocenters. The van der Waals surface area contributed by atoms with Gasteiger partial charge in [-0.15, -0.1) is 0 Å². The summed E-state index contributed by atoms with van der Waals surface area (Å²) in [6, 6.07) is 4.86. The van der Waals surface area contributed by atoms with Crippen molar-refractivity contribution in [2.45, 2.75) is 58.8 Å². The Morgan fingerprint density at radius 2 is 2.00 bits per heavy atom. The molecule has 0 saturated carbocycles. The molecule has 3 rings (SSSR count). The minimum atomic E-state index is -0.791. The molecular formula is C24H32FN5O4. The molecule has 2 heterocycles. The van der Waals surface area contributed by atoms with Crippen LogP contribution in [0.5, 0.6) is 0 Å². The molecule has 184 valence electrons. The van der Waals surface area contributed by atoms with Crippen molar-refractivity contribution in [3.63, 3.8) is 0 Å². The number of H-pyrrole nitrogens is 1.